The summed E-state index contributed by atoms with van der Waals surface area (Å²) in [5.74, 6) is 0.860. The van der Waals surface area contributed by atoms with Gasteiger partial charge in [0.2, 0.25) is 0 Å². The average Bonchev–Trinajstić information content (AvgIpc) is 2.25. The number of piperidine rings is 1. The molecule has 0 amide bonds. The lowest BCUT2D eigenvalue weighted by Crippen LogP contribution is -2.27. The first-order chi connectivity index (χ1) is 4.36. The molecule has 1 heteroatoms. The largest absolute Gasteiger partial charge is 0.302 e. The zero-order valence-corrected chi connectivity index (χ0v) is 5.77. The second-order valence-electron chi connectivity index (χ2n) is 3.19. The summed E-state index contributed by atoms with van der Waals surface area (Å²) in [6, 6.07) is 0. The maximum absolute atomic E-state index is 4.07. The molecule has 2 atom stereocenters. The van der Waals surface area contributed by atoms with E-state index in [4.69, 9.17) is 0 Å². The monoisotopic (exact) mass is 123 g/mol. The van der Waals surface area contributed by atoms with Crippen LogP contribution in [-0.2, 0) is 0 Å². The predicted octanol–water partition coefficient (Wildman–Crippen LogP) is 1.27. The van der Waals surface area contributed by atoms with Crippen LogP contribution in [0.5, 0.6) is 0 Å². The van der Waals surface area contributed by atoms with E-state index in [9.17, 15) is 0 Å². The van der Waals surface area contributed by atoms with Gasteiger partial charge in [-0.15, -0.1) is 0 Å². The van der Waals surface area contributed by atoms with E-state index in [1.54, 1.807) is 0 Å². The van der Waals surface area contributed by atoms with Crippen molar-refractivity contribution in [2.24, 2.45) is 5.92 Å². The highest BCUT2D eigenvalue weighted by Gasteiger charge is 2.28. The summed E-state index contributed by atoms with van der Waals surface area (Å²) in [4.78, 5) is 2.54. The Morgan fingerprint density at radius 1 is 1.44 bits per heavy atom. The minimum Gasteiger partial charge on any atom is -0.302 e. The van der Waals surface area contributed by atoms with Crippen molar-refractivity contribution in [3.63, 3.8) is 0 Å². The molecule has 2 aliphatic rings. The second kappa shape index (κ2) is 1.84. The molecule has 0 radical (unpaired) electrons. The van der Waals surface area contributed by atoms with E-state index in [1.165, 1.54) is 38.0 Å². The van der Waals surface area contributed by atoms with Gasteiger partial charge in [-0.1, -0.05) is 12.2 Å². The molecule has 1 unspecified atom stereocenters. The van der Waals surface area contributed by atoms with E-state index in [0.29, 0.717) is 0 Å². The van der Waals surface area contributed by atoms with Crippen LogP contribution in [0.15, 0.2) is 12.2 Å². The Morgan fingerprint density at radius 2 is 2.33 bits per heavy atom. The van der Waals surface area contributed by atoms with Crippen LogP contribution in [0.1, 0.15) is 12.8 Å². The van der Waals surface area contributed by atoms with Crippen LogP contribution in [0.2, 0.25) is 0 Å². The van der Waals surface area contributed by atoms with Crippen molar-refractivity contribution in [3.8, 4) is 0 Å². The minimum absolute atomic E-state index is 0.860. The molecule has 2 heterocycles. The molecule has 2 aliphatic heterocycles. The molecule has 0 aliphatic carbocycles. The van der Waals surface area contributed by atoms with E-state index in [0.717, 1.165) is 5.92 Å². The molecule has 2 fully saturated rings. The highest BCUT2D eigenvalue weighted by molar-refractivity contribution is 5.08. The molecule has 0 aromatic rings. The number of fused-ring (bicyclic) bond motifs is 2. The predicted molar refractivity (Wildman–Crippen MR) is 38.3 cm³/mol. The van der Waals surface area contributed by atoms with E-state index in [2.05, 4.69) is 11.5 Å². The number of rotatable bonds is 0. The third kappa shape index (κ3) is 0.799. The van der Waals surface area contributed by atoms with Crippen molar-refractivity contribution in [2.75, 3.05) is 19.6 Å². The van der Waals surface area contributed by atoms with Gasteiger partial charge in [0.15, 0.2) is 0 Å². The van der Waals surface area contributed by atoms with Crippen LogP contribution >= 0.6 is 0 Å². The third-order valence-electron chi connectivity index (χ3n) is 2.60. The summed E-state index contributed by atoms with van der Waals surface area (Å²) in [6.07, 6.45) is 2.63. The normalized spacial score (nSPS) is 41.6. The van der Waals surface area contributed by atoms with Crippen molar-refractivity contribution >= 4 is 0 Å². The molecule has 1 nitrogen and oxygen atoms in total. The fourth-order valence-electron chi connectivity index (χ4n) is 1.87. The Labute approximate surface area is 56.4 Å². The summed E-state index contributed by atoms with van der Waals surface area (Å²) in [7, 11) is 0. The summed E-state index contributed by atoms with van der Waals surface area (Å²) < 4.78 is 0. The number of hydrogen-bond acceptors (Lipinski definition) is 1. The molecule has 0 saturated carbocycles. The van der Waals surface area contributed by atoms with Gasteiger partial charge in [0.05, 0.1) is 0 Å². The average molecular weight is 123 g/mol. The molecule has 2 rings (SSSR count). The Bertz CT molecular complexity index is 140. The first-order valence-corrected chi connectivity index (χ1v) is 3.76. The molecule has 9 heavy (non-hydrogen) atoms. The molecule has 0 N–H and O–H groups in total. The Balaban J connectivity index is 2.14. The maximum Gasteiger partial charge on any atom is 0.00475 e. The van der Waals surface area contributed by atoms with Gasteiger partial charge in [0.1, 0.15) is 0 Å². The van der Waals surface area contributed by atoms with Crippen molar-refractivity contribution in [2.45, 2.75) is 12.8 Å². The van der Waals surface area contributed by atoms with Crippen LogP contribution in [0, 0.1) is 5.92 Å². The molecule has 2 saturated heterocycles. The van der Waals surface area contributed by atoms with Gasteiger partial charge >= 0.3 is 0 Å². The van der Waals surface area contributed by atoms with E-state index in [-0.39, 0.29) is 0 Å². The fourth-order valence-corrected chi connectivity index (χ4v) is 1.87. The number of hydrogen-bond donors (Lipinski definition) is 0. The lowest BCUT2D eigenvalue weighted by atomic mass is 9.95. The van der Waals surface area contributed by atoms with Gasteiger partial charge in [-0.3, -0.25) is 0 Å². The summed E-state index contributed by atoms with van der Waals surface area (Å²) in [5.41, 5.74) is 1.50. The molecule has 2 bridgehead atoms. The Hall–Kier alpha value is -0.300. The van der Waals surface area contributed by atoms with Crippen molar-refractivity contribution in [3.05, 3.63) is 12.2 Å². The van der Waals surface area contributed by atoms with Crippen LogP contribution < -0.4 is 0 Å². The van der Waals surface area contributed by atoms with Gasteiger partial charge in [-0.25, -0.2) is 0 Å². The SMILES string of the molecule is C=C1CCN2CC[C@@H]1C2. The highest BCUT2D eigenvalue weighted by Crippen LogP contribution is 2.29. The Kier molecular flexibility index (Phi) is 1.12. The molecule has 0 aromatic carbocycles. The standard InChI is InChI=1S/C8H13N/c1-7-2-4-9-5-3-8(7)6-9/h8H,1-6H2/t8-/m1/s1. The number of nitrogens with zero attached hydrogens (tertiary/aromatic N) is 1. The van der Waals surface area contributed by atoms with Crippen molar-refractivity contribution < 1.29 is 0 Å². The topological polar surface area (TPSA) is 3.24 Å². The molecular weight excluding hydrogens is 110 g/mol. The van der Waals surface area contributed by atoms with Gasteiger partial charge < -0.3 is 4.90 Å². The summed E-state index contributed by atoms with van der Waals surface area (Å²) in [5, 5.41) is 0. The van der Waals surface area contributed by atoms with E-state index in [1.807, 2.05) is 0 Å². The molecule has 50 valence electrons. The molecule has 0 aromatic heterocycles. The van der Waals surface area contributed by atoms with Crippen LogP contribution in [0.4, 0.5) is 0 Å². The minimum atomic E-state index is 0.860. The zero-order chi connectivity index (χ0) is 6.27. The summed E-state index contributed by atoms with van der Waals surface area (Å²) in [6.45, 7) is 7.97. The zero-order valence-electron chi connectivity index (χ0n) is 5.77. The Morgan fingerprint density at radius 3 is 3.11 bits per heavy atom. The molecule has 0 spiro atoms. The third-order valence-corrected chi connectivity index (χ3v) is 2.60. The summed E-state index contributed by atoms with van der Waals surface area (Å²) >= 11 is 0. The fraction of sp³-hybridized carbons (Fsp3) is 0.750. The lowest BCUT2D eigenvalue weighted by molar-refractivity contribution is 0.308. The van der Waals surface area contributed by atoms with E-state index < -0.39 is 0 Å². The van der Waals surface area contributed by atoms with Gasteiger partial charge in [0.25, 0.3) is 0 Å². The van der Waals surface area contributed by atoms with E-state index >= 15 is 0 Å². The lowest BCUT2D eigenvalue weighted by Gasteiger charge is -2.23. The van der Waals surface area contributed by atoms with Crippen LogP contribution in [-0.4, -0.2) is 24.5 Å². The quantitative estimate of drug-likeness (QED) is 0.438. The maximum atomic E-state index is 4.07. The van der Waals surface area contributed by atoms with Crippen molar-refractivity contribution in [1.82, 2.24) is 4.90 Å². The van der Waals surface area contributed by atoms with Gasteiger partial charge in [-0.05, 0) is 25.3 Å². The van der Waals surface area contributed by atoms with Crippen molar-refractivity contribution in [1.29, 1.82) is 0 Å². The van der Waals surface area contributed by atoms with Crippen LogP contribution in [0.3, 0.4) is 0 Å². The highest BCUT2D eigenvalue weighted by atomic mass is 15.2. The first kappa shape index (κ1) is 5.48. The van der Waals surface area contributed by atoms with Crippen LogP contribution in [0.25, 0.3) is 0 Å². The smallest absolute Gasteiger partial charge is 0.00475 e. The molecular formula is C8H13N. The first-order valence-electron chi connectivity index (χ1n) is 3.76. The second-order valence-corrected chi connectivity index (χ2v) is 3.19. The van der Waals surface area contributed by atoms with Gasteiger partial charge in [0, 0.05) is 13.1 Å². The van der Waals surface area contributed by atoms with Gasteiger partial charge in [-0.2, -0.15) is 0 Å².